The van der Waals surface area contributed by atoms with Gasteiger partial charge in [-0.25, -0.2) is 4.39 Å². The lowest BCUT2D eigenvalue weighted by molar-refractivity contribution is 0.565. The highest BCUT2D eigenvalue weighted by Crippen LogP contribution is 2.22. The average molecular weight is 283 g/mol. The first kappa shape index (κ1) is 16.5. The van der Waals surface area contributed by atoms with Crippen LogP contribution < -0.4 is 5.32 Å². The normalized spacial score (nSPS) is 12.9. The van der Waals surface area contributed by atoms with Crippen molar-refractivity contribution in [3.8, 4) is 0 Å². The molecule has 0 bridgehead atoms. The van der Waals surface area contributed by atoms with Crippen LogP contribution in [0.1, 0.15) is 44.4 Å². The third-order valence-electron chi connectivity index (χ3n) is 2.97. The van der Waals surface area contributed by atoms with Gasteiger partial charge in [0.2, 0.25) is 0 Å². The molecule has 0 aromatic heterocycles. The standard InChI is InChI=1S/C16H26FNS/c1-5-8-18-16(11-19-10-12(2)3)14-7-6-13(4)15(17)9-14/h6-7,9,12,16,18H,5,8,10-11H2,1-4H3. The second-order valence-corrected chi connectivity index (χ2v) is 6.52. The molecule has 108 valence electrons. The third-order valence-corrected chi connectivity index (χ3v) is 4.45. The molecule has 0 radical (unpaired) electrons. The van der Waals surface area contributed by atoms with Crippen LogP contribution in [0.4, 0.5) is 4.39 Å². The van der Waals surface area contributed by atoms with E-state index in [-0.39, 0.29) is 11.9 Å². The van der Waals surface area contributed by atoms with Crippen LogP contribution in [0, 0.1) is 18.7 Å². The van der Waals surface area contributed by atoms with Crippen LogP contribution in [0.25, 0.3) is 0 Å². The van der Waals surface area contributed by atoms with E-state index >= 15 is 0 Å². The van der Waals surface area contributed by atoms with E-state index in [0.29, 0.717) is 11.5 Å². The highest BCUT2D eigenvalue weighted by Gasteiger charge is 2.12. The van der Waals surface area contributed by atoms with Gasteiger partial charge in [0.05, 0.1) is 0 Å². The summed E-state index contributed by atoms with van der Waals surface area (Å²) in [5.74, 6) is 2.75. The van der Waals surface area contributed by atoms with Crippen LogP contribution >= 0.6 is 11.8 Å². The lowest BCUT2D eigenvalue weighted by atomic mass is 10.1. The first-order valence-electron chi connectivity index (χ1n) is 7.11. The van der Waals surface area contributed by atoms with Gasteiger partial charge in [0.25, 0.3) is 0 Å². The summed E-state index contributed by atoms with van der Waals surface area (Å²) in [6.45, 7) is 9.39. The molecular weight excluding hydrogens is 257 g/mol. The summed E-state index contributed by atoms with van der Waals surface area (Å²) in [6, 6.07) is 5.84. The van der Waals surface area contributed by atoms with Crippen LogP contribution in [0.5, 0.6) is 0 Å². The molecule has 1 aromatic rings. The van der Waals surface area contributed by atoms with Crippen LogP contribution in [0.2, 0.25) is 0 Å². The van der Waals surface area contributed by atoms with Crippen molar-refractivity contribution >= 4 is 11.8 Å². The molecule has 1 aromatic carbocycles. The number of benzene rings is 1. The van der Waals surface area contributed by atoms with Crippen LogP contribution in [0.15, 0.2) is 18.2 Å². The molecule has 1 atom stereocenters. The van der Waals surface area contributed by atoms with Crippen molar-refractivity contribution in [1.29, 1.82) is 0 Å². The van der Waals surface area contributed by atoms with E-state index in [1.165, 1.54) is 0 Å². The van der Waals surface area contributed by atoms with Gasteiger partial charge in [0.15, 0.2) is 0 Å². The zero-order chi connectivity index (χ0) is 14.3. The third kappa shape index (κ3) is 5.96. The Morgan fingerprint density at radius 2 is 2.00 bits per heavy atom. The lowest BCUT2D eigenvalue weighted by Crippen LogP contribution is -2.24. The summed E-state index contributed by atoms with van der Waals surface area (Å²) in [7, 11) is 0. The van der Waals surface area contributed by atoms with Crippen LogP contribution in [-0.4, -0.2) is 18.1 Å². The number of rotatable bonds is 8. The summed E-state index contributed by atoms with van der Waals surface area (Å²) in [5.41, 5.74) is 1.78. The van der Waals surface area contributed by atoms with Crippen molar-refractivity contribution in [2.75, 3.05) is 18.1 Å². The lowest BCUT2D eigenvalue weighted by Gasteiger charge is -2.19. The van der Waals surface area contributed by atoms with Gasteiger partial charge in [-0.05, 0) is 48.8 Å². The van der Waals surface area contributed by atoms with Gasteiger partial charge in [0.1, 0.15) is 5.82 Å². The topological polar surface area (TPSA) is 12.0 Å². The maximum Gasteiger partial charge on any atom is 0.126 e. The first-order chi connectivity index (χ1) is 9.04. The maximum atomic E-state index is 13.7. The largest absolute Gasteiger partial charge is 0.309 e. The van der Waals surface area contributed by atoms with Crippen molar-refractivity contribution in [3.63, 3.8) is 0 Å². The summed E-state index contributed by atoms with van der Waals surface area (Å²) < 4.78 is 13.7. The van der Waals surface area contributed by atoms with E-state index in [2.05, 4.69) is 26.1 Å². The highest BCUT2D eigenvalue weighted by molar-refractivity contribution is 7.99. The van der Waals surface area contributed by atoms with Crippen molar-refractivity contribution in [2.24, 2.45) is 5.92 Å². The van der Waals surface area contributed by atoms with Crippen molar-refractivity contribution in [3.05, 3.63) is 35.1 Å². The second-order valence-electron chi connectivity index (χ2n) is 5.45. The predicted molar refractivity (Wildman–Crippen MR) is 84.3 cm³/mol. The molecule has 1 unspecified atom stereocenters. The van der Waals surface area contributed by atoms with Crippen molar-refractivity contribution < 1.29 is 4.39 Å². The molecule has 19 heavy (non-hydrogen) atoms. The molecule has 0 aliphatic carbocycles. The minimum Gasteiger partial charge on any atom is -0.309 e. The molecule has 0 aliphatic heterocycles. The number of nitrogens with one attached hydrogen (secondary N) is 1. The van der Waals surface area contributed by atoms with Gasteiger partial charge in [-0.3, -0.25) is 0 Å². The molecule has 0 saturated heterocycles. The van der Waals surface area contributed by atoms with Gasteiger partial charge in [-0.2, -0.15) is 11.8 Å². The fraction of sp³-hybridized carbons (Fsp3) is 0.625. The zero-order valence-electron chi connectivity index (χ0n) is 12.5. The van der Waals surface area contributed by atoms with Crippen LogP contribution in [-0.2, 0) is 0 Å². The molecule has 0 saturated carbocycles. The molecule has 0 aliphatic rings. The van der Waals surface area contributed by atoms with Gasteiger partial charge < -0.3 is 5.32 Å². The number of hydrogen-bond acceptors (Lipinski definition) is 2. The van der Waals surface area contributed by atoms with E-state index < -0.39 is 0 Å². The summed E-state index contributed by atoms with van der Waals surface area (Å²) >= 11 is 1.94. The van der Waals surface area contributed by atoms with E-state index in [9.17, 15) is 4.39 Å². The smallest absolute Gasteiger partial charge is 0.126 e. The molecule has 1 rings (SSSR count). The molecule has 0 fully saturated rings. The van der Waals surface area contributed by atoms with E-state index in [1.54, 1.807) is 13.0 Å². The summed E-state index contributed by atoms with van der Waals surface area (Å²) in [5, 5.41) is 3.52. The summed E-state index contributed by atoms with van der Waals surface area (Å²) in [4.78, 5) is 0. The van der Waals surface area contributed by atoms with Gasteiger partial charge in [-0.15, -0.1) is 0 Å². The minimum absolute atomic E-state index is 0.102. The van der Waals surface area contributed by atoms with Crippen molar-refractivity contribution in [1.82, 2.24) is 5.32 Å². The summed E-state index contributed by atoms with van der Waals surface area (Å²) in [6.07, 6.45) is 1.10. The number of halogens is 1. The van der Waals surface area contributed by atoms with Crippen molar-refractivity contribution in [2.45, 2.75) is 40.2 Å². The van der Waals surface area contributed by atoms with E-state index in [0.717, 1.165) is 30.0 Å². The fourth-order valence-corrected chi connectivity index (χ4v) is 2.99. The minimum atomic E-state index is -0.102. The number of thioether (sulfide) groups is 1. The maximum absolute atomic E-state index is 13.7. The second kappa shape index (κ2) is 8.60. The van der Waals surface area contributed by atoms with Gasteiger partial charge >= 0.3 is 0 Å². The Labute approximate surface area is 121 Å². The zero-order valence-corrected chi connectivity index (χ0v) is 13.3. The average Bonchev–Trinajstić information content (AvgIpc) is 2.36. The quantitative estimate of drug-likeness (QED) is 0.750. The number of hydrogen-bond donors (Lipinski definition) is 1. The predicted octanol–water partition coefficient (Wildman–Crippen LogP) is 4.56. The monoisotopic (exact) mass is 283 g/mol. The van der Waals surface area contributed by atoms with E-state index in [1.807, 2.05) is 23.9 Å². The Balaban J connectivity index is 2.68. The van der Waals surface area contributed by atoms with E-state index in [4.69, 9.17) is 0 Å². The molecule has 0 heterocycles. The molecule has 1 nitrogen and oxygen atoms in total. The first-order valence-corrected chi connectivity index (χ1v) is 8.27. The van der Waals surface area contributed by atoms with Gasteiger partial charge in [0, 0.05) is 11.8 Å². The molecule has 1 N–H and O–H groups in total. The molecular formula is C16H26FNS. The Morgan fingerprint density at radius 1 is 1.26 bits per heavy atom. The van der Waals surface area contributed by atoms with Gasteiger partial charge in [-0.1, -0.05) is 32.9 Å². The molecule has 3 heteroatoms. The Morgan fingerprint density at radius 3 is 2.58 bits per heavy atom. The molecule has 0 spiro atoms. The number of aryl methyl sites for hydroxylation is 1. The molecule has 0 amide bonds. The Bertz CT molecular complexity index is 379. The highest BCUT2D eigenvalue weighted by atomic mass is 32.2. The Hall–Kier alpha value is -0.540. The SMILES string of the molecule is CCCNC(CSCC(C)C)c1ccc(C)c(F)c1. The van der Waals surface area contributed by atoms with Crippen LogP contribution in [0.3, 0.4) is 0 Å². The fourth-order valence-electron chi connectivity index (χ4n) is 1.84. The Kier molecular flexibility index (Phi) is 7.47.